The molecule has 1 aliphatic rings. The van der Waals surface area contributed by atoms with Crippen molar-refractivity contribution in [2.24, 2.45) is 0 Å². The predicted octanol–water partition coefficient (Wildman–Crippen LogP) is 5.23. The van der Waals surface area contributed by atoms with Crippen molar-refractivity contribution in [2.75, 3.05) is 31.1 Å². The minimum absolute atomic E-state index is 0.373. The summed E-state index contributed by atoms with van der Waals surface area (Å²) in [4.78, 5) is 6.01. The van der Waals surface area contributed by atoms with Crippen LogP contribution in [0.2, 0.25) is 0 Å². The lowest BCUT2D eigenvalue weighted by Gasteiger charge is -2.36. The van der Waals surface area contributed by atoms with Crippen LogP contribution in [-0.2, 0) is 6.54 Å². The molecule has 1 N–H and O–H groups in total. The van der Waals surface area contributed by atoms with Crippen LogP contribution in [0.25, 0.3) is 10.4 Å². The quantitative estimate of drug-likeness (QED) is 0.479. The summed E-state index contributed by atoms with van der Waals surface area (Å²) >= 11 is 5.24. The minimum Gasteiger partial charge on any atom is -0.508 e. The van der Waals surface area contributed by atoms with Crippen LogP contribution in [0.4, 0.5) is 5.69 Å². The molecule has 0 radical (unpaired) electrons. The number of hydrogen-bond acceptors (Lipinski definition) is 6. The zero-order valence-corrected chi connectivity index (χ0v) is 16.7. The van der Waals surface area contributed by atoms with Crippen LogP contribution in [0.3, 0.4) is 0 Å². The number of benzene rings is 2. The van der Waals surface area contributed by atoms with Gasteiger partial charge in [-0.15, -0.1) is 0 Å². The van der Waals surface area contributed by atoms with Crippen molar-refractivity contribution < 1.29 is 5.11 Å². The van der Waals surface area contributed by atoms with Crippen molar-refractivity contribution in [2.45, 2.75) is 6.54 Å². The lowest BCUT2D eigenvalue weighted by molar-refractivity contribution is 0.247. The number of aromatic hydroxyl groups is 1. The van der Waals surface area contributed by atoms with Crippen molar-refractivity contribution in [1.82, 2.24) is 4.90 Å². The summed E-state index contributed by atoms with van der Waals surface area (Å²) in [5.41, 5.74) is 3.41. The number of nitrogens with zero attached hydrogens (tertiary/aromatic N) is 2. The van der Waals surface area contributed by atoms with Crippen LogP contribution in [0.5, 0.6) is 5.75 Å². The lowest BCUT2D eigenvalue weighted by atomic mass is 10.1. The van der Waals surface area contributed by atoms with E-state index in [0.29, 0.717) is 5.75 Å². The Hall–Kier alpha value is -1.73. The van der Waals surface area contributed by atoms with E-state index >= 15 is 0 Å². The molecule has 2 heterocycles. The summed E-state index contributed by atoms with van der Waals surface area (Å²) in [7, 11) is 3.32. The zero-order valence-electron chi connectivity index (χ0n) is 14.3. The molecule has 0 atom stereocenters. The molecule has 0 amide bonds. The standard InChI is InChI=1S/C20H20N2OS3/c23-18-7-6-15(19-13-20(24)26-25-19)12-16(18)14-21-8-10-22(11-9-21)17-4-2-1-3-5-17/h1-7,12-13,23H,8-11,14H2. The van der Waals surface area contributed by atoms with Gasteiger partial charge in [0.2, 0.25) is 0 Å². The van der Waals surface area contributed by atoms with Gasteiger partial charge in [-0.05, 0) is 42.0 Å². The van der Waals surface area contributed by atoms with Gasteiger partial charge in [0.15, 0.2) is 0 Å². The molecule has 26 heavy (non-hydrogen) atoms. The lowest BCUT2D eigenvalue weighted by Crippen LogP contribution is -2.45. The summed E-state index contributed by atoms with van der Waals surface area (Å²) in [6.07, 6.45) is 0. The van der Waals surface area contributed by atoms with E-state index in [9.17, 15) is 5.11 Å². The van der Waals surface area contributed by atoms with Crippen LogP contribution in [0.1, 0.15) is 5.56 Å². The average molecular weight is 401 g/mol. The largest absolute Gasteiger partial charge is 0.508 e. The third-order valence-corrected chi connectivity index (χ3v) is 7.62. The Morgan fingerprint density at radius 2 is 1.69 bits per heavy atom. The van der Waals surface area contributed by atoms with Gasteiger partial charge in [-0.25, -0.2) is 0 Å². The first-order chi connectivity index (χ1) is 12.7. The highest BCUT2D eigenvalue weighted by Crippen LogP contribution is 2.32. The van der Waals surface area contributed by atoms with Crippen molar-refractivity contribution >= 4 is 38.6 Å². The Labute approximate surface area is 166 Å². The van der Waals surface area contributed by atoms with Crippen LogP contribution in [0, 0.1) is 3.82 Å². The SMILES string of the molecule is Oc1ccc(-c2cc(=S)ss2)cc1CN1CCN(c2ccccc2)CC1. The highest BCUT2D eigenvalue weighted by Gasteiger charge is 2.18. The number of hydrogen-bond donors (Lipinski definition) is 1. The van der Waals surface area contributed by atoms with E-state index in [-0.39, 0.29) is 0 Å². The summed E-state index contributed by atoms with van der Waals surface area (Å²) < 4.78 is 0.914. The Bertz CT molecular complexity index is 927. The molecule has 1 saturated heterocycles. The Balaban J connectivity index is 1.44. The van der Waals surface area contributed by atoms with Gasteiger partial charge in [-0.3, -0.25) is 4.90 Å². The summed E-state index contributed by atoms with van der Waals surface area (Å²) in [5.74, 6) is 0.373. The van der Waals surface area contributed by atoms with Gasteiger partial charge >= 0.3 is 0 Å². The molecule has 0 saturated carbocycles. The second kappa shape index (κ2) is 7.88. The molecule has 0 aliphatic carbocycles. The van der Waals surface area contributed by atoms with E-state index in [1.807, 2.05) is 12.1 Å². The van der Waals surface area contributed by atoms with Crippen LogP contribution >= 0.6 is 32.9 Å². The first kappa shape index (κ1) is 17.7. The molecule has 1 aromatic heterocycles. The van der Waals surface area contributed by atoms with E-state index in [2.05, 4.69) is 46.2 Å². The van der Waals surface area contributed by atoms with E-state index in [1.54, 1.807) is 26.7 Å². The number of rotatable bonds is 4. The van der Waals surface area contributed by atoms with Gasteiger partial charge in [-0.1, -0.05) is 51.1 Å². The molecule has 0 unspecified atom stereocenters. The molecule has 1 fully saturated rings. The molecule has 3 nitrogen and oxygen atoms in total. The molecular weight excluding hydrogens is 380 g/mol. The number of phenolic OH excluding ortho intramolecular Hbond substituents is 1. The monoisotopic (exact) mass is 400 g/mol. The van der Waals surface area contributed by atoms with Crippen LogP contribution in [0.15, 0.2) is 54.6 Å². The second-order valence-corrected chi connectivity index (χ2v) is 9.35. The number of para-hydroxylation sites is 1. The molecule has 4 rings (SSSR count). The maximum Gasteiger partial charge on any atom is 0.120 e. The maximum absolute atomic E-state index is 10.3. The summed E-state index contributed by atoms with van der Waals surface area (Å²) in [5, 5.41) is 10.3. The first-order valence-electron chi connectivity index (χ1n) is 8.64. The molecule has 1 aliphatic heterocycles. The van der Waals surface area contributed by atoms with Gasteiger partial charge in [0, 0.05) is 48.9 Å². The topological polar surface area (TPSA) is 26.7 Å². The third kappa shape index (κ3) is 3.99. The summed E-state index contributed by atoms with van der Waals surface area (Å²) in [6.45, 7) is 4.79. The van der Waals surface area contributed by atoms with Crippen molar-refractivity contribution in [3.8, 4) is 16.2 Å². The van der Waals surface area contributed by atoms with E-state index in [1.165, 1.54) is 10.6 Å². The van der Waals surface area contributed by atoms with Gasteiger partial charge in [-0.2, -0.15) is 0 Å². The molecule has 0 spiro atoms. The Morgan fingerprint density at radius 1 is 0.923 bits per heavy atom. The molecule has 3 aromatic rings. The van der Waals surface area contributed by atoms with Crippen molar-refractivity contribution in [3.05, 3.63) is 64.0 Å². The third-order valence-electron chi connectivity index (χ3n) is 4.71. The molecule has 0 bridgehead atoms. The highest BCUT2D eigenvalue weighted by molar-refractivity contribution is 7.80. The predicted molar refractivity (Wildman–Crippen MR) is 114 cm³/mol. The van der Waals surface area contributed by atoms with Gasteiger partial charge in [0.05, 0.1) is 0 Å². The van der Waals surface area contributed by atoms with Crippen LogP contribution < -0.4 is 4.90 Å². The minimum atomic E-state index is 0.373. The molecular formula is C20H20N2OS3. The molecule has 6 heteroatoms. The van der Waals surface area contributed by atoms with Crippen molar-refractivity contribution in [1.29, 1.82) is 0 Å². The average Bonchev–Trinajstić information content (AvgIpc) is 3.11. The number of phenols is 1. The number of anilines is 1. The smallest absolute Gasteiger partial charge is 0.120 e. The first-order valence-corrected chi connectivity index (χ1v) is 11.2. The number of piperazine rings is 1. The normalized spacial score (nSPS) is 15.3. The maximum atomic E-state index is 10.3. The van der Waals surface area contributed by atoms with E-state index in [0.717, 1.165) is 47.7 Å². The van der Waals surface area contributed by atoms with Gasteiger partial charge in [0.1, 0.15) is 9.57 Å². The summed E-state index contributed by atoms with van der Waals surface area (Å²) in [6, 6.07) is 18.5. The zero-order chi connectivity index (χ0) is 17.9. The highest BCUT2D eigenvalue weighted by atomic mass is 32.9. The Kier molecular flexibility index (Phi) is 5.36. The van der Waals surface area contributed by atoms with Crippen LogP contribution in [-0.4, -0.2) is 36.2 Å². The fraction of sp³-hybridized carbons (Fsp3) is 0.250. The van der Waals surface area contributed by atoms with Gasteiger partial charge < -0.3 is 10.0 Å². The van der Waals surface area contributed by atoms with E-state index < -0.39 is 0 Å². The van der Waals surface area contributed by atoms with E-state index in [4.69, 9.17) is 12.2 Å². The van der Waals surface area contributed by atoms with Crippen molar-refractivity contribution in [3.63, 3.8) is 0 Å². The fourth-order valence-corrected chi connectivity index (χ4v) is 5.68. The Morgan fingerprint density at radius 3 is 2.38 bits per heavy atom. The van der Waals surface area contributed by atoms with Gasteiger partial charge in [0.25, 0.3) is 0 Å². The molecule has 134 valence electrons. The molecule has 2 aromatic carbocycles. The second-order valence-electron chi connectivity index (χ2n) is 6.44. The fourth-order valence-electron chi connectivity index (χ4n) is 3.28.